The molecule has 4 heteroatoms. The Labute approximate surface area is 99.5 Å². The summed E-state index contributed by atoms with van der Waals surface area (Å²) in [7, 11) is 2.44. The Kier molecular flexibility index (Phi) is 5.41. The lowest BCUT2D eigenvalue weighted by molar-refractivity contribution is 0.121. The number of unbranched alkanes of at least 4 members (excludes halogenated alkanes) is 1. The van der Waals surface area contributed by atoms with Crippen LogP contribution >= 0.6 is 0 Å². The first-order valence-electron chi connectivity index (χ1n) is 5.76. The second kappa shape index (κ2) is 6.35. The van der Waals surface area contributed by atoms with Crippen molar-refractivity contribution < 1.29 is 13.3 Å². The van der Waals surface area contributed by atoms with E-state index in [2.05, 4.69) is 25.2 Å². The minimum Gasteiger partial charge on any atom is -0.376 e. The summed E-state index contributed by atoms with van der Waals surface area (Å²) in [6.07, 6.45) is 10.1. The van der Waals surface area contributed by atoms with Crippen LogP contribution in [0, 0.1) is 0 Å². The molecule has 0 radical (unpaired) electrons. The summed E-state index contributed by atoms with van der Waals surface area (Å²) in [6.45, 7) is 2.20. The molecule has 0 bridgehead atoms. The Hall–Kier alpha value is -0.423. The summed E-state index contributed by atoms with van der Waals surface area (Å²) < 4.78 is 16.4. The second-order valence-corrected chi connectivity index (χ2v) is 7.04. The topological polar surface area (TPSA) is 27.7 Å². The van der Waals surface area contributed by atoms with E-state index in [1.54, 1.807) is 21.3 Å². The summed E-state index contributed by atoms with van der Waals surface area (Å²) in [6, 6.07) is 0. The van der Waals surface area contributed by atoms with E-state index in [-0.39, 0.29) is 5.54 Å². The maximum Gasteiger partial charge on any atom is 0.511 e. The third-order valence-electron chi connectivity index (χ3n) is 2.99. The first kappa shape index (κ1) is 13.6. The lowest BCUT2D eigenvalue weighted by atomic mass is 10.1. The largest absolute Gasteiger partial charge is 0.511 e. The highest BCUT2D eigenvalue weighted by molar-refractivity contribution is 6.63. The molecule has 0 aromatic rings. The van der Waals surface area contributed by atoms with Crippen LogP contribution in [0.2, 0.25) is 5.54 Å². The minimum absolute atomic E-state index is 0.166. The molecule has 0 N–H and O–H groups in total. The van der Waals surface area contributed by atoms with Crippen LogP contribution in [0.4, 0.5) is 0 Å². The zero-order chi connectivity index (χ0) is 12.0. The van der Waals surface area contributed by atoms with Gasteiger partial charge in [-0.05, 0) is 12.8 Å². The van der Waals surface area contributed by atoms with Crippen LogP contribution in [0.5, 0.6) is 0 Å². The molecule has 0 saturated carbocycles. The average molecular weight is 242 g/mol. The molecule has 1 rings (SSSR count). The zero-order valence-electron chi connectivity index (χ0n) is 10.7. The van der Waals surface area contributed by atoms with Gasteiger partial charge in [-0.25, -0.2) is 0 Å². The molecule has 0 aromatic heterocycles. The predicted octanol–water partition coefficient (Wildman–Crippen LogP) is 2.92. The van der Waals surface area contributed by atoms with E-state index >= 15 is 0 Å². The molecular formula is C12H22O3Si. The SMILES string of the molecule is CCCCC1=CC([Si](OC)(OC)OC)C=C1. The summed E-state index contributed by atoms with van der Waals surface area (Å²) in [4.78, 5) is 0. The van der Waals surface area contributed by atoms with Crippen molar-refractivity contribution in [2.24, 2.45) is 0 Å². The highest BCUT2D eigenvalue weighted by Gasteiger charge is 2.46. The van der Waals surface area contributed by atoms with Gasteiger partial charge in [-0.15, -0.1) is 0 Å². The van der Waals surface area contributed by atoms with Gasteiger partial charge < -0.3 is 13.3 Å². The van der Waals surface area contributed by atoms with Crippen molar-refractivity contribution in [1.29, 1.82) is 0 Å². The fourth-order valence-corrected chi connectivity index (χ4v) is 4.06. The Bertz CT molecular complexity index is 261. The molecular weight excluding hydrogens is 220 g/mol. The van der Waals surface area contributed by atoms with Crippen LogP contribution in [0.1, 0.15) is 26.2 Å². The number of hydrogen-bond donors (Lipinski definition) is 0. The van der Waals surface area contributed by atoms with Gasteiger partial charge in [0.25, 0.3) is 0 Å². The van der Waals surface area contributed by atoms with Gasteiger partial charge in [0.2, 0.25) is 0 Å². The molecule has 0 saturated heterocycles. The molecule has 1 atom stereocenters. The third kappa shape index (κ3) is 2.82. The molecule has 16 heavy (non-hydrogen) atoms. The Balaban J connectivity index is 2.69. The molecule has 1 aliphatic rings. The summed E-state index contributed by atoms with van der Waals surface area (Å²) >= 11 is 0. The van der Waals surface area contributed by atoms with E-state index < -0.39 is 8.80 Å². The fraction of sp³-hybridized carbons (Fsp3) is 0.667. The average Bonchev–Trinajstić information content (AvgIpc) is 2.79. The number of rotatable bonds is 7. The van der Waals surface area contributed by atoms with Gasteiger partial charge in [0, 0.05) is 21.3 Å². The maximum absolute atomic E-state index is 5.47. The van der Waals surface area contributed by atoms with Crippen LogP contribution < -0.4 is 0 Å². The van der Waals surface area contributed by atoms with Crippen molar-refractivity contribution in [2.45, 2.75) is 31.7 Å². The monoisotopic (exact) mass is 242 g/mol. The normalized spacial score (nSPS) is 20.2. The first-order chi connectivity index (χ1) is 7.72. The maximum atomic E-state index is 5.47. The fourth-order valence-electron chi connectivity index (χ4n) is 1.99. The van der Waals surface area contributed by atoms with E-state index in [4.69, 9.17) is 13.3 Å². The highest BCUT2D eigenvalue weighted by Crippen LogP contribution is 2.34. The van der Waals surface area contributed by atoms with E-state index in [1.807, 2.05) is 0 Å². The van der Waals surface area contributed by atoms with Crippen LogP contribution in [0.25, 0.3) is 0 Å². The molecule has 0 aromatic carbocycles. The second-order valence-electron chi connectivity index (χ2n) is 3.95. The molecule has 3 nitrogen and oxygen atoms in total. The Morgan fingerprint density at radius 1 is 1.19 bits per heavy atom. The summed E-state index contributed by atoms with van der Waals surface area (Å²) in [5, 5.41) is 0. The third-order valence-corrected chi connectivity index (χ3v) is 5.87. The van der Waals surface area contributed by atoms with Crippen molar-refractivity contribution in [1.82, 2.24) is 0 Å². The molecule has 1 aliphatic carbocycles. The Morgan fingerprint density at radius 2 is 1.81 bits per heavy atom. The summed E-state index contributed by atoms with van der Waals surface area (Å²) in [5.74, 6) is 0. The molecule has 0 spiro atoms. The van der Waals surface area contributed by atoms with E-state index in [0.29, 0.717) is 0 Å². The quantitative estimate of drug-likeness (QED) is 0.642. The van der Waals surface area contributed by atoms with Crippen molar-refractivity contribution >= 4 is 8.80 Å². The Morgan fingerprint density at radius 3 is 2.31 bits per heavy atom. The van der Waals surface area contributed by atoms with Gasteiger partial charge in [0.1, 0.15) is 0 Å². The van der Waals surface area contributed by atoms with Gasteiger partial charge in [0.15, 0.2) is 0 Å². The predicted molar refractivity (Wildman–Crippen MR) is 67.3 cm³/mol. The van der Waals surface area contributed by atoms with E-state index in [0.717, 1.165) is 6.42 Å². The smallest absolute Gasteiger partial charge is 0.376 e. The lowest BCUT2D eigenvalue weighted by Crippen LogP contribution is -2.46. The number of allylic oxidation sites excluding steroid dienone is 4. The van der Waals surface area contributed by atoms with Crippen LogP contribution in [0.3, 0.4) is 0 Å². The molecule has 0 fully saturated rings. The zero-order valence-corrected chi connectivity index (χ0v) is 11.7. The van der Waals surface area contributed by atoms with Gasteiger partial charge in [-0.1, -0.05) is 37.1 Å². The van der Waals surface area contributed by atoms with Gasteiger partial charge in [0.05, 0.1) is 5.54 Å². The number of hydrogen-bond acceptors (Lipinski definition) is 3. The lowest BCUT2D eigenvalue weighted by Gasteiger charge is -2.27. The van der Waals surface area contributed by atoms with Crippen molar-refractivity contribution in [3.05, 3.63) is 23.8 Å². The van der Waals surface area contributed by atoms with Gasteiger partial charge in [-0.3, -0.25) is 0 Å². The molecule has 0 heterocycles. The van der Waals surface area contributed by atoms with E-state index in [1.165, 1.54) is 18.4 Å². The van der Waals surface area contributed by atoms with Crippen molar-refractivity contribution in [3.63, 3.8) is 0 Å². The minimum atomic E-state index is -2.53. The van der Waals surface area contributed by atoms with Crippen LogP contribution in [-0.2, 0) is 13.3 Å². The first-order valence-corrected chi connectivity index (χ1v) is 7.57. The van der Waals surface area contributed by atoms with Crippen molar-refractivity contribution in [2.75, 3.05) is 21.3 Å². The van der Waals surface area contributed by atoms with E-state index in [9.17, 15) is 0 Å². The standard InChI is InChI=1S/C12H22O3Si/c1-5-6-7-11-8-9-12(10-11)16(13-2,14-3)15-4/h8-10,12H,5-7H2,1-4H3. The highest BCUT2D eigenvalue weighted by atomic mass is 28.4. The molecule has 0 aliphatic heterocycles. The van der Waals surface area contributed by atoms with Gasteiger partial charge >= 0.3 is 8.80 Å². The molecule has 0 amide bonds. The van der Waals surface area contributed by atoms with Crippen molar-refractivity contribution in [3.8, 4) is 0 Å². The summed E-state index contributed by atoms with van der Waals surface area (Å²) in [5.41, 5.74) is 1.54. The van der Waals surface area contributed by atoms with Gasteiger partial charge in [-0.2, -0.15) is 0 Å². The molecule has 92 valence electrons. The van der Waals surface area contributed by atoms with Crippen LogP contribution in [-0.4, -0.2) is 30.1 Å². The molecule has 1 unspecified atom stereocenters. The van der Waals surface area contributed by atoms with Crippen LogP contribution in [0.15, 0.2) is 23.8 Å².